The number of nitrogens with zero attached hydrogens (tertiary/aromatic N) is 1. The normalized spacial score (nSPS) is 14.7. The average molecular weight is 275 g/mol. The smallest absolute Gasteiger partial charge is 0.328 e. The molecule has 0 bridgehead atoms. The second-order valence-corrected chi connectivity index (χ2v) is 5.20. The molecule has 20 heavy (non-hydrogen) atoms. The van der Waals surface area contributed by atoms with Gasteiger partial charge in [-0.25, -0.2) is 4.79 Å². The fraction of sp³-hybridized carbons (Fsp3) is 0.438. The van der Waals surface area contributed by atoms with Gasteiger partial charge in [0.05, 0.1) is 6.61 Å². The van der Waals surface area contributed by atoms with Crippen LogP contribution in [-0.4, -0.2) is 37.9 Å². The second-order valence-electron chi connectivity index (χ2n) is 5.20. The monoisotopic (exact) mass is 275 g/mol. The largest absolute Gasteiger partial charge is 0.478 e. The van der Waals surface area contributed by atoms with Gasteiger partial charge in [-0.05, 0) is 42.5 Å². The topological polar surface area (TPSA) is 49.8 Å². The minimum absolute atomic E-state index is 0.744. The van der Waals surface area contributed by atoms with Crippen molar-refractivity contribution in [1.29, 1.82) is 0 Å². The number of hydrogen-bond donors (Lipinski definition) is 1. The Morgan fingerprint density at radius 2 is 2.10 bits per heavy atom. The number of aliphatic carboxylic acids is 1. The first-order valence-corrected chi connectivity index (χ1v) is 6.95. The number of ether oxygens (including phenoxy) is 1. The molecule has 0 aliphatic heterocycles. The van der Waals surface area contributed by atoms with Gasteiger partial charge >= 0.3 is 5.97 Å². The fourth-order valence-electron chi connectivity index (χ4n) is 1.87. The molecule has 0 atom stereocenters. The lowest BCUT2D eigenvalue weighted by Gasteiger charge is -2.19. The van der Waals surface area contributed by atoms with Crippen molar-refractivity contribution in [3.8, 4) is 0 Å². The highest BCUT2D eigenvalue weighted by Crippen LogP contribution is 2.28. The van der Waals surface area contributed by atoms with E-state index in [0.717, 1.165) is 43.0 Å². The summed E-state index contributed by atoms with van der Waals surface area (Å²) in [6.45, 7) is 2.50. The Labute approximate surface area is 119 Å². The molecule has 1 aliphatic rings. The molecule has 2 rings (SSSR count). The standard InChI is InChI=1S/C16H21NO3/c1-17(10-11-20-12-14-2-3-14)15-7-4-13(5-8-15)6-9-16(18)19/h4-9,14H,2-3,10-12H2,1H3,(H,18,19)/b9-6+. The molecule has 1 N–H and O–H groups in total. The molecule has 1 aromatic rings. The van der Waals surface area contributed by atoms with E-state index in [0.29, 0.717) is 0 Å². The highest BCUT2D eigenvalue weighted by molar-refractivity contribution is 5.85. The number of carbonyl (C=O) groups is 1. The van der Waals surface area contributed by atoms with Crippen LogP contribution in [0.3, 0.4) is 0 Å². The Morgan fingerprint density at radius 3 is 2.70 bits per heavy atom. The van der Waals surface area contributed by atoms with Gasteiger partial charge < -0.3 is 14.7 Å². The lowest BCUT2D eigenvalue weighted by Crippen LogP contribution is -2.22. The Kier molecular flexibility index (Phi) is 5.18. The first kappa shape index (κ1) is 14.6. The molecule has 1 saturated carbocycles. The van der Waals surface area contributed by atoms with E-state index >= 15 is 0 Å². The molecule has 0 radical (unpaired) electrons. The van der Waals surface area contributed by atoms with Gasteiger partial charge in [0.2, 0.25) is 0 Å². The molecule has 1 aliphatic carbocycles. The van der Waals surface area contributed by atoms with Crippen LogP contribution < -0.4 is 4.90 Å². The average Bonchev–Trinajstić information content (AvgIpc) is 3.26. The summed E-state index contributed by atoms with van der Waals surface area (Å²) in [5, 5.41) is 8.57. The van der Waals surface area contributed by atoms with Crippen molar-refractivity contribution < 1.29 is 14.6 Å². The van der Waals surface area contributed by atoms with Crippen molar-refractivity contribution in [2.45, 2.75) is 12.8 Å². The Morgan fingerprint density at radius 1 is 1.40 bits per heavy atom. The van der Waals surface area contributed by atoms with Crippen molar-refractivity contribution in [2.75, 3.05) is 31.7 Å². The van der Waals surface area contributed by atoms with Gasteiger partial charge in [0.1, 0.15) is 0 Å². The number of anilines is 1. The summed E-state index contributed by atoms with van der Waals surface area (Å²) in [6.07, 6.45) is 5.37. The molecule has 1 fully saturated rings. The first-order valence-electron chi connectivity index (χ1n) is 6.95. The minimum Gasteiger partial charge on any atom is -0.478 e. The highest BCUT2D eigenvalue weighted by Gasteiger charge is 2.20. The van der Waals surface area contributed by atoms with E-state index in [-0.39, 0.29) is 0 Å². The molecule has 4 nitrogen and oxygen atoms in total. The van der Waals surface area contributed by atoms with Gasteiger partial charge in [-0.2, -0.15) is 0 Å². The predicted octanol–water partition coefficient (Wildman–Crippen LogP) is 2.65. The van der Waals surface area contributed by atoms with E-state index < -0.39 is 5.97 Å². The number of rotatable bonds is 8. The summed E-state index contributed by atoms with van der Waals surface area (Å²) in [7, 11) is 2.03. The zero-order valence-corrected chi connectivity index (χ0v) is 11.8. The van der Waals surface area contributed by atoms with Crippen LogP contribution in [0.25, 0.3) is 6.08 Å². The zero-order chi connectivity index (χ0) is 14.4. The number of carboxylic acid groups (broad SMARTS) is 1. The van der Waals surface area contributed by atoms with Crippen molar-refractivity contribution in [2.24, 2.45) is 5.92 Å². The van der Waals surface area contributed by atoms with Crippen LogP contribution in [0.5, 0.6) is 0 Å². The molecule has 0 heterocycles. The van der Waals surface area contributed by atoms with Crippen LogP contribution in [0.4, 0.5) is 5.69 Å². The molecule has 4 heteroatoms. The third-order valence-electron chi connectivity index (χ3n) is 3.37. The molecule has 0 spiro atoms. The molecule has 108 valence electrons. The molecule has 0 aromatic heterocycles. The maximum Gasteiger partial charge on any atom is 0.328 e. The maximum atomic E-state index is 10.4. The van der Waals surface area contributed by atoms with E-state index in [2.05, 4.69) is 4.90 Å². The van der Waals surface area contributed by atoms with Gasteiger partial charge in [0.15, 0.2) is 0 Å². The summed E-state index contributed by atoms with van der Waals surface area (Å²) in [6, 6.07) is 7.80. The molecule has 0 unspecified atom stereocenters. The SMILES string of the molecule is CN(CCOCC1CC1)c1ccc(/C=C/C(=O)O)cc1. The number of likely N-dealkylation sites (N-methyl/N-ethyl adjacent to an activating group) is 1. The quantitative estimate of drug-likeness (QED) is 0.585. The van der Waals surface area contributed by atoms with Gasteiger partial charge in [-0.3, -0.25) is 0 Å². The van der Waals surface area contributed by atoms with Crippen LogP contribution in [0.1, 0.15) is 18.4 Å². The third kappa shape index (κ3) is 5.05. The van der Waals surface area contributed by atoms with Crippen LogP contribution in [-0.2, 0) is 9.53 Å². The van der Waals surface area contributed by atoms with E-state index in [1.165, 1.54) is 12.8 Å². The van der Waals surface area contributed by atoms with Crippen molar-refractivity contribution in [3.05, 3.63) is 35.9 Å². The fourth-order valence-corrected chi connectivity index (χ4v) is 1.87. The van der Waals surface area contributed by atoms with Crippen molar-refractivity contribution in [1.82, 2.24) is 0 Å². The van der Waals surface area contributed by atoms with Crippen LogP contribution in [0, 0.1) is 5.92 Å². The van der Waals surface area contributed by atoms with Crippen LogP contribution in [0.2, 0.25) is 0 Å². The van der Waals surface area contributed by atoms with E-state index in [4.69, 9.17) is 9.84 Å². The van der Waals surface area contributed by atoms with E-state index in [1.807, 2.05) is 31.3 Å². The molecule has 0 amide bonds. The minimum atomic E-state index is -0.931. The summed E-state index contributed by atoms with van der Waals surface area (Å²) < 4.78 is 5.62. The summed E-state index contributed by atoms with van der Waals surface area (Å²) >= 11 is 0. The summed E-state index contributed by atoms with van der Waals surface area (Å²) in [4.78, 5) is 12.6. The van der Waals surface area contributed by atoms with Crippen molar-refractivity contribution in [3.63, 3.8) is 0 Å². The predicted molar refractivity (Wildman–Crippen MR) is 79.9 cm³/mol. The summed E-state index contributed by atoms with van der Waals surface area (Å²) in [5.74, 6) is -0.125. The number of benzene rings is 1. The molecular formula is C16H21NO3. The Hall–Kier alpha value is -1.81. The van der Waals surface area contributed by atoms with Crippen LogP contribution in [0.15, 0.2) is 30.3 Å². The maximum absolute atomic E-state index is 10.4. The second kappa shape index (κ2) is 7.10. The lowest BCUT2D eigenvalue weighted by atomic mass is 10.2. The number of carboxylic acids is 1. The van der Waals surface area contributed by atoms with Gasteiger partial charge in [0.25, 0.3) is 0 Å². The summed E-state index contributed by atoms with van der Waals surface area (Å²) in [5.41, 5.74) is 1.99. The van der Waals surface area contributed by atoms with E-state index in [9.17, 15) is 4.79 Å². The Bertz CT molecular complexity index is 463. The lowest BCUT2D eigenvalue weighted by molar-refractivity contribution is -0.131. The van der Waals surface area contributed by atoms with Gasteiger partial charge in [0, 0.05) is 32.0 Å². The highest BCUT2D eigenvalue weighted by atomic mass is 16.5. The molecule has 1 aromatic carbocycles. The van der Waals surface area contributed by atoms with Crippen molar-refractivity contribution >= 4 is 17.7 Å². The van der Waals surface area contributed by atoms with Crippen LogP contribution >= 0.6 is 0 Å². The zero-order valence-electron chi connectivity index (χ0n) is 11.8. The molecule has 0 saturated heterocycles. The molecular weight excluding hydrogens is 254 g/mol. The van der Waals surface area contributed by atoms with Gasteiger partial charge in [-0.15, -0.1) is 0 Å². The van der Waals surface area contributed by atoms with E-state index in [1.54, 1.807) is 6.08 Å². The first-order chi connectivity index (χ1) is 9.65. The Balaban J connectivity index is 1.76. The third-order valence-corrected chi connectivity index (χ3v) is 3.37. The van der Waals surface area contributed by atoms with Gasteiger partial charge in [-0.1, -0.05) is 12.1 Å². The number of hydrogen-bond acceptors (Lipinski definition) is 3.